The number of hydrogen-bond donors (Lipinski definition) is 1. The van der Waals surface area contributed by atoms with E-state index in [0.29, 0.717) is 13.0 Å². The quantitative estimate of drug-likeness (QED) is 0.408. The molecule has 2 heterocycles. The smallest absolute Gasteiger partial charge is 0.128 e. The minimum Gasteiger partial charge on any atom is -0.491 e. The Kier molecular flexibility index (Phi) is 16.6. The average Bonchev–Trinajstić information content (AvgIpc) is 3.16. The molecule has 0 saturated heterocycles. The van der Waals surface area contributed by atoms with E-state index in [1.807, 2.05) is 43.9 Å². The highest BCUT2D eigenvalue weighted by Crippen LogP contribution is 2.31. The Bertz CT molecular complexity index is 1130. The predicted octanol–water partition coefficient (Wildman–Crippen LogP) is 7.79. The Labute approximate surface area is 241 Å². The van der Waals surface area contributed by atoms with E-state index < -0.39 is 0 Å². The van der Waals surface area contributed by atoms with Crippen LogP contribution in [-0.4, -0.2) is 60.1 Å². The van der Waals surface area contributed by atoms with E-state index in [4.69, 9.17) is 9.84 Å². The molecule has 4 rings (SSSR count). The van der Waals surface area contributed by atoms with E-state index in [1.54, 1.807) is 20.3 Å². The first-order valence-electron chi connectivity index (χ1n) is 14.2. The molecule has 1 aliphatic carbocycles. The summed E-state index contributed by atoms with van der Waals surface area (Å²) >= 11 is 0. The fraction of sp³-hybridized carbons (Fsp3) is 0.485. The molecule has 7 heteroatoms. The van der Waals surface area contributed by atoms with Crippen molar-refractivity contribution in [2.75, 3.05) is 34.5 Å². The normalized spacial score (nSPS) is 16.9. The molecule has 1 aromatic heterocycles. The molecule has 0 bridgehead atoms. The topological polar surface area (TPSA) is 59.8 Å². The van der Waals surface area contributed by atoms with Gasteiger partial charge in [0.2, 0.25) is 0 Å². The first-order valence-corrected chi connectivity index (χ1v) is 14.2. The summed E-state index contributed by atoms with van der Waals surface area (Å²) in [6, 6.07) is 8.60. The van der Waals surface area contributed by atoms with Gasteiger partial charge in [-0.15, -0.1) is 0 Å². The van der Waals surface area contributed by atoms with Gasteiger partial charge in [0.1, 0.15) is 12.4 Å². The van der Waals surface area contributed by atoms with E-state index >= 15 is 0 Å². The van der Waals surface area contributed by atoms with Gasteiger partial charge in [-0.1, -0.05) is 32.4 Å². The molecule has 0 unspecified atom stereocenters. The van der Waals surface area contributed by atoms with Gasteiger partial charge >= 0.3 is 0 Å². The minimum absolute atomic E-state index is 0.0200. The monoisotopic (exact) mass is 555 g/mol. The fourth-order valence-electron chi connectivity index (χ4n) is 4.48. The largest absolute Gasteiger partial charge is 0.491 e. The van der Waals surface area contributed by atoms with E-state index in [2.05, 4.69) is 65.7 Å². The van der Waals surface area contributed by atoms with E-state index in [9.17, 15) is 4.39 Å². The number of hydrogen-bond acceptors (Lipinski definition) is 5. The van der Waals surface area contributed by atoms with Gasteiger partial charge in [-0.25, -0.2) is 9.37 Å². The molecule has 0 saturated carbocycles. The van der Waals surface area contributed by atoms with Gasteiger partial charge in [-0.05, 0) is 82.4 Å². The summed E-state index contributed by atoms with van der Waals surface area (Å²) in [4.78, 5) is 6.74. The Morgan fingerprint density at radius 2 is 1.77 bits per heavy atom. The van der Waals surface area contributed by atoms with Gasteiger partial charge < -0.3 is 24.0 Å². The van der Waals surface area contributed by atoms with Crippen molar-refractivity contribution in [2.24, 2.45) is 0 Å². The van der Waals surface area contributed by atoms with Crippen LogP contribution in [0.5, 0.6) is 0 Å². The van der Waals surface area contributed by atoms with Gasteiger partial charge in [0.25, 0.3) is 0 Å². The molecular formula is C33H50FN3O3. The molecule has 222 valence electrons. The predicted molar refractivity (Wildman–Crippen MR) is 165 cm³/mol. The molecular weight excluding hydrogens is 505 g/mol. The third kappa shape index (κ3) is 10.1. The van der Waals surface area contributed by atoms with Crippen LogP contribution in [0.2, 0.25) is 0 Å². The zero-order valence-corrected chi connectivity index (χ0v) is 26.0. The van der Waals surface area contributed by atoms with Gasteiger partial charge in [0.05, 0.1) is 24.4 Å². The fourth-order valence-corrected chi connectivity index (χ4v) is 4.48. The number of imidazole rings is 1. The second-order valence-corrected chi connectivity index (χ2v) is 9.33. The van der Waals surface area contributed by atoms with Crippen LogP contribution in [0, 0.1) is 6.92 Å². The molecule has 1 aliphatic heterocycles. The highest BCUT2D eigenvalue weighted by molar-refractivity contribution is 5.64. The van der Waals surface area contributed by atoms with Gasteiger partial charge in [-0.3, -0.25) is 0 Å². The molecule has 1 N–H and O–H groups in total. The summed E-state index contributed by atoms with van der Waals surface area (Å²) in [5, 5.41) is 7.00. The van der Waals surface area contributed by atoms with Crippen molar-refractivity contribution in [1.29, 1.82) is 0 Å². The van der Waals surface area contributed by atoms with Crippen molar-refractivity contribution in [1.82, 2.24) is 14.5 Å². The standard InChI is InChI=1S/C28H34FN3O.C2H6O.C2H6.CH4O/c1-5-20(2)27-17-28(24-10-13-26(14-11-24)31-18-21(3)30-19-31)33-16-15-32(27)22(4)23-7-6-8-25(29)12-9-23;1-3-2;2*1-2/h9-14,17-19,22H,5-8,15-16H2,1-4H3;1-2H3;1-2H3;2H,1H3/b27-20+;;;/t22-;;;/m0.../s1. The Hall–Kier alpha value is -3.16. The summed E-state index contributed by atoms with van der Waals surface area (Å²) in [6.07, 6.45) is 13.0. The zero-order valence-electron chi connectivity index (χ0n) is 26.0. The summed E-state index contributed by atoms with van der Waals surface area (Å²) in [5.74, 6) is 0.870. The van der Waals surface area contributed by atoms with E-state index in [0.717, 1.165) is 55.6 Å². The Morgan fingerprint density at radius 1 is 1.12 bits per heavy atom. The number of ether oxygens (including phenoxy) is 2. The van der Waals surface area contributed by atoms with Crippen LogP contribution < -0.4 is 0 Å². The van der Waals surface area contributed by atoms with Crippen molar-refractivity contribution in [3.63, 3.8) is 0 Å². The first kappa shape index (κ1) is 34.9. The second-order valence-electron chi connectivity index (χ2n) is 9.33. The van der Waals surface area contributed by atoms with E-state index in [-0.39, 0.29) is 11.9 Å². The lowest BCUT2D eigenvalue weighted by Crippen LogP contribution is -2.35. The highest BCUT2D eigenvalue weighted by Gasteiger charge is 2.24. The molecule has 1 aromatic carbocycles. The molecule has 6 nitrogen and oxygen atoms in total. The zero-order chi connectivity index (χ0) is 30.1. The number of aliphatic hydroxyl groups is 1. The molecule has 40 heavy (non-hydrogen) atoms. The third-order valence-electron chi connectivity index (χ3n) is 6.66. The van der Waals surface area contributed by atoms with Gasteiger partial charge in [0.15, 0.2) is 0 Å². The first-order chi connectivity index (χ1) is 19.4. The van der Waals surface area contributed by atoms with Gasteiger partial charge in [-0.2, -0.15) is 0 Å². The lowest BCUT2D eigenvalue weighted by atomic mass is 9.99. The summed E-state index contributed by atoms with van der Waals surface area (Å²) in [6.45, 7) is 14.0. The van der Waals surface area contributed by atoms with Crippen molar-refractivity contribution in [3.8, 4) is 5.69 Å². The molecule has 0 spiro atoms. The molecule has 1 atom stereocenters. The third-order valence-corrected chi connectivity index (χ3v) is 6.66. The van der Waals surface area contributed by atoms with Crippen LogP contribution in [0.25, 0.3) is 11.4 Å². The number of benzene rings is 1. The van der Waals surface area contributed by atoms with Crippen LogP contribution in [0.15, 0.2) is 77.7 Å². The molecule has 0 fully saturated rings. The lowest BCUT2D eigenvalue weighted by molar-refractivity contribution is 0.214. The summed E-state index contributed by atoms with van der Waals surface area (Å²) < 4.78 is 26.3. The summed E-state index contributed by atoms with van der Waals surface area (Å²) in [5.41, 5.74) is 6.94. The van der Waals surface area contributed by atoms with E-state index in [1.165, 1.54) is 16.8 Å². The second kappa shape index (κ2) is 19.0. The van der Waals surface area contributed by atoms with Gasteiger partial charge in [0, 0.05) is 56.6 Å². The van der Waals surface area contributed by atoms with Crippen molar-refractivity contribution >= 4 is 5.76 Å². The van der Waals surface area contributed by atoms with Crippen LogP contribution in [0.4, 0.5) is 4.39 Å². The minimum atomic E-state index is -0.0200. The number of aliphatic hydroxyl groups excluding tert-OH is 1. The highest BCUT2D eigenvalue weighted by atomic mass is 19.1. The molecule has 0 amide bonds. The van der Waals surface area contributed by atoms with Crippen LogP contribution in [-0.2, 0) is 9.47 Å². The molecule has 2 aliphatic rings. The van der Waals surface area contributed by atoms with Crippen molar-refractivity contribution < 1.29 is 19.0 Å². The maximum absolute atomic E-state index is 13.8. The number of allylic oxidation sites excluding steroid dienone is 5. The van der Waals surface area contributed by atoms with Crippen LogP contribution in [0.1, 0.15) is 71.6 Å². The summed E-state index contributed by atoms with van der Waals surface area (Å²) in [7, 11) is 4.25. The van der Waals surface area contributed by atoms with Crippen molar-refractivity contribution in [2.45, 2.75) is 73.3 Å². The molecule has 2 aromatic rings. The number of rotatable bonds is 5. The maximum atomic E-state index is 13.8. The number of aromatic nitrogens is 2. The van der Waals surface area contributed by atoms with Crippen LogP contribution >= 0.6 is 0 Å². The number of nitrogens with zero attached hydrogens (tertiary/aromatic N) is 3. The number of aryl methyl sites for hydroxylation is 1. The maximum Gasteiger partial charge on any atom is 0.128 e. The van der Waals surface area contributed by atoms with Crippen molar-refractivity contribution in [3.05, 3.63) is 88.9 Å². The SMILES string of the molecule is CC.CC/C(C)=C1\C=C(c2ccc(-n3cnc(C)c3)cc2)OCCN1[C@@H](C)C1=CC=C(F)CCC1.CO.COC. The lowest BCUT2D eigenvalue weighted by Gasteiger charge is -2.33. The Balaban J connectivity index is 0.00000105. The molecule has 0 radical (unpaired) electrons. The number of halogens is 1. The van der Waals surface area contributed by atoms with Crippen LogP contribution in [0.3, 0.4) is 0 Å². The number of methoxy groups -OCH3 is 1. The average molecular weight is 556 g/mol. The Morgan fingerprint density at radius 3 is 2.35 bits per heavy atom.